The van der Waals surface area contributed by atoms with Crippen molar-refractivity contribution >= 4 is 21.7 Å². The third-order valence-electron chi connectivity index (χ3n) is 3.46. The third kappa shape index (κ3) is 3.50. The molecular formula is C16H14N4O4S. The summed E-state index contributed by atoms with van der Waals surface area (Å²) in [5.41, 5.74) is 0.604. The average Bonchev–Trinajstić information content (AvgIpc) is 3.09. The second kappa shape index (κ2) is 6.36. The molecule has 0 amide bonds. The maximum Gasteiger partial charge on any atom is 0.335 e. The van der Waals surface area contributed by atoms with Gasteiger partial charge in [0.15, 0.2) is 5.82 Å². The molecule has 3 aromatic rings. The van der Waals surface area contributed by atoms with Crippen molar-refractivity contribution in [3.63, 3.8) is 0 Å². The fourth-order valence-electron chi connectivity index (χ4n) is 2.22. The number of anilines is 1. The van der Waals surface area contributed by atoms with Crippen LogP contribution in [0.4, 0.5) is 5.69 Å². The highest BCUT2D eigenvalue weighted by molar-refractivity contribution is 7.92. The van der Waals surface area contributed by atoms with Crippen LogP contribution in [0.5, 0.6) is 0 Å². The summed E-state index contributed by atoms with van der Waals surface area (Å²) in [6, 6.07) is 8.86. The SMILES string of the molecule is Cc1ccc(C(=O)O)cc1S(=O)(=O)Nc1ccc(-n2cccn2)nc1. The smallest absolute Gasteiger partial charge is 0.335 e. The Morgan fingerprint density at radius 3 is 2.64 bits per heavy atom. The Bertz CT molecular complexity index is 1010. The molecule has 0 fully saturated rings. The molecule has 0 aliphatic rings. The van der Waals surface area contributed by atoms with Gasteiger partial charge in [0.2, 0.25) is 0 Å². The maximum absolute atomic E-state index is 12.6. The first kappa shape index (κ1) is 16.7. The van der Waals surface area contributed by atoms with Crippen LogP contribution in [0.2, 0.25) is 0 Å². The molecule has 0 unspecified atom stereocenters. The van der Waals surface area contributed by atoms with E-state index in [4.69, 9.17) is 5.11 Å². The van der Waals surface area contributed by atoms with E-state index in [-0.39, 0.29) is 16.1 Å². The summed E-state index contributed by atoms with van der Waals surface area (Å²) < 4.78 is 29.1. The topological polar surface area (TPSA) is 114 Å². The Hall–Kier alpha value is -3.20. The summed E-state index contributed by atoms with van der Waals surface area (Å²) in [7, 11) is -3.94. The Morgan fingerprint density at radius 2 is 2.04 bits per heavy atom. The van der Waals surface area contributed by atoms with Crippen molar-refractivity contribution in [3.8, 4) is 5.82 Å². The number of nitrogens with zero attached hydrogens (tertiary/aromatic N) is 3. The molecule has 3 rings (SSSR count). The van der Waals surface area contributed by atoms with E-state index in [1.54, 1.807) is 42.2 Å². The van der Waals surface area contributed by atoms with Crippen LogP contribution in [0.3, 0.4) is 0 Å². The van der Waals surface area contributed by atoms with Crippen LogP contribution in [0, 0.1) is 6.92 Å². The van der Waals surface area contributed by atoms with Gasteiger partial charge in [-0.25, -0.2) is 22.9 Å². The molecule has 9 heteroatoms. The monoisotopic (exact) mass is 358 g/mol. The number of carboxylic acids is 1. The molecule has 0 saturated heterocycles. The van der Waals surface area contributed by atoms with Gasteiger partial charge in [-0.05, 0) is 42.8 Å². The van der Waals surface area contributed by atoms with Gasteiger partial charge < -0.3 is 5.11 Å². The first-order chi connectivity index (χ1) is 11.9. The maximum atomic E-state index is 12.6. The lowest BCUT2D eigenvalue weighted by Gasteiger charge is -2.11. The zero-order chi connectivity index (χ0) is 18.0. The number of benzene rings is 1. The standard InChI is InChI=1S/C16H14N4O4S/c1-11-3-4-12(16(21)22)9-14(11)25(23,24)19-13-5-6-15(17-10-13)20-8-2-7-18-20/h2-10,19H,1H3,(H,21,22). The highest BCUT2D eigenvalue weighted by Crippen LogP contribution is 2.21. The average molecular weight is 358 g/mol. The molecular weight excluding hydrogens is 344 g/mol. The zero-order valence-electron chi connectivity index (χ0n) is 13.1. The van der Waals surface area contributed by atoms with E-state index < -0.39 is 16.0 Å². The van der Waals surface area contributed by atoms with Crippen molar-refractivity contribution in [2.75, 3.05) is 4.72 Å². The van der Waals surface area contributed by atoms with Crippen molar-refractivity contribution in [1.29, 1.82) is 0 Å². The van der Waals surface area contributed by atoms with Crippen LogP contribution < -0.4 is 4.72 Å². The Morgan fingerprint density at radius 1 is 1.24 bits per heavy atom. The molecule has 2 N–H and O–H groups in total. The van der Waals surface area contributed by atoms with Gasteiger partial charge in [0.05, 0.1) is 22.3 Å². The number of rotatable bonds is 5. The molecule has 25 heavy (non-hydrogen) atoms. The van der Waals surface area contributed by atoms with E-state index in [1.165, 1.54) is 18.3 Å². The molecule has 2 heterocycles. The predicted octanol–water partition coefficient (Wildman–Crippen LogP) is 2.07. The Balaban J connectivity index is 1.89. The number of carbonyl (C=O) groups is 1. The van der Waals surface area contributed by atoms with Crippen molar-refractivity contribution < 1.29 is 18.3 Å². The summed E-state index contributed by atoms with van der Waals surface area (Å²) in [6.07, 6.45) is 4.69. The molecule has 1 aromatic carbocycles. The van der Waals surface area contributed by atoms with Crippen LogP contribution in [-0.2, 0) is 10.0 Å². The highest BCUT2D eigenvalue weighted by Gasteiger charge is 2.19. The first-order valence-electron chi connectivity index (χ1n) is 7.20. The number of hydrogen-bond donors (Lipinski definition) is 2. The van der Waals surface area contributed by atoms with Crippen molar-refractivity contribution in [2.24, 2.45) is 0 Å². The Labute approximate surface area is 143 Å². The van der Waals surface area contributed by atoms with Gasteiger partial charge >= 0.3 is 5.97 Å². The van der Waals surface area contributed by atoms with E-state index in [0.29, 0.717) is 11.4 Å². The lowest BCUT2D eigenvalue weighted by molar-refractivity contribution is 0.0696. The normalized spacial score (nSPS) is 11.2. The number of aromatic nitrogens is 3. The number of hydrogen-bond acceptors (Lipinski definition) is 5. The lowest BCUT2D eigenvalue weighted by atomic mass is 10.1. The van der Waals surface area contributed by atoms with Gasteiger partial charge in [-0.1, -0.05) is 6.07 Å². The molecule has 0 radical (unpaired) electrons. The minimum absolute atomic E-state index is 0.0939. The minimum atomic E-state index is -3.94. The van der Waals surface area contributed by atoms with Gasteiger partial charge in [0.25, 0.3) is 10.0 Å². The molecule has 128 valence electrons. The summed E-state index contributed by atoms with van der Waals surface area (Å²) in [4.78, 5) is 15.1. The van der Waals surface area contributed by atoms with Gasteiger partial charge in [-0.2, -0.15) is 5.10 Å². The van der Waals surface area contributed by atoms with Crippen LogP contribution in [0.25, 0.3) is 5.82 Å². The van der Waals surface area contributed by atoms with Gasteiger partial charge in [0, 0.05) is 12.4 Å². The fraction of sp³-hybridized carbons (Fsp3) is 0.0625. The van der Waals surface area contributed by atoms with Crippen LogP contribution in [0.15, 0.2) is 59.9 Å². The van der Waals surface area contributed by atoms with Crippen LogP contribution in [0.1, 0.15) is 15.9 Å². The molecule has 8 nitrogen and oxygen atoms in total. The number of aromatic carboxylic acids is 1. The second-order valence-electron chi connectivity index (χ2n) is 5.25. The van der Waals surface area contributed by atoms with Gasteiger partial charge in [-0.15, -0.1) is 0 Å². The summed E-state index contributed by atoms with van der Waals surface area (Å²) >= 11 is 0. The van der Waals surface area contributed by atoms with E-state index >= 15 is 0 Å². The third-order valence-corrected chi connectivity index (χ3v) is 4.99. The van der Waals surface area contributed by atoms with Crippen molar-refractivity contribution in [3.05, 3.63) is 66.1 Å². The second-order valence-corrected chi connectivity index (χ2v) is 6.90. The summed E-state index contributed by atoms with van der Waals surface area (Å²) in [5.74, 6) is -0.654. The number of aryl methyl sites for hydroxylation is 1. The first-order valence-corrected chi connectivity index (χ1v) is 8.68. The molecule has 0 atom stereocenters. The van der Waals surface area contributed by atoms with Crippen molar-refractivity contribution in [2.45, 2.75) is 11.8 Å². The van der Waals surface area contributed by atoms with E-state index in [9.17, 15) is 13.2 Å². The quantitative estimate of drug-likeness (QED) is 0.722. The molecule has 0 aliphatic heterocycles. The molecule has 0 saturated carbocycles. The largest absolute Gasteiger partial charge is 0.478 e. The number of pyridine rings is 1. The Kier molecular flexibility index (Phi) is 4.24. The van der Waals surface area contributed by atoms with Gasteiger partial charge in [0.1, 0.15) is 0 Å². The highest BCUT2D eigenvalue weighted by atomic mass is 32.2. The summed E-state index contributed by atoms with van der Waals surface area (Å²) in [5, 5.41) is 13.1. The minimum Gasteiger partial charge on any atom is -0.478 e. The number of carboxylic acid groups (broad SMARTS) is 1. The lowest BCUT2D eigenvalue weighted by Crippen LogP contribution is -2.15. The van der Waals surface area contributed by atoms with E-state index in [0.717, 1.165) is 6.07 Å². The zero-order valence-corrected chi connectivity index (χ0v) is 13.9. The molecule has 2 aromatic heterocycles. The number of sulfonamides is 1. The van der Waals surface area contributed by atoms with Crippen molar-refractivity contribution in [1.82, 2.24) is 14.8 Å². The number of nitrogens with one attached hydrogen (secondary N) is 1. The van der Waals surface area contributed by atoms with Crippen LogP contribution in [-0.4, -0.2) is 34.3 Å². The summed E-state index contributed by atoms with van der Waals surface area (Å²) in [6.45, 7) is 1.60. The van der Waals surface area contributed by atoms with E-state index in [2.05, 4.69) is 14.8 Å². The molecule has 0 aliphatic carbocycles. The van der Waals surface area contributed by atoms with Gasteiger partial charge in [-0.3, -0.25) is 4.72 Å². The molecule has 0 spiro atoms. The van der Waals surface area contributed by atoms with Crippen LogP contribution >= 0.6 is 0 Å². The fourth-order valence-corrected chi connectivity index (χ4v) is 3.53. The predicted molar refractivity (Wildman–Crippen MR) is 90.3 cm³/mol. The van der Waals surface area contributed by atoms with E-state index in [1.807, 2.05) is 0 Å². The molecule has 0 bridgehead atoms.